The summed E-state index contributed by atoms with van der Waals surface area (Å²) in [5.74, 6) is 1.26. The number of morpholine rings is 1. The third kappa shape index (κ3) is 2.78. The van der Waals surface area contributed by atoms with Crippen LogP contribution in [0.5, 0.6) is 0 Å². The fraction of sp³-hybridized carbons (Fsp3) is 0.800. The SMILES string of the molecule is Cc1noc(CN2CC(C)OC(CO)C2)n1. The lowest BCUT2D eigenvalue weighted by molar-refractivity contribution is -0.0988. The third-order valence-electron chi connectivity index (χ3n) is 2.53. The maximum atomic E-state index is 9.09. The smallest absolute Gasteiger partial charge is 0.240 e. The molecule has 0 spiro atoms. The van der Waals surface area contributed by atoms with E-state index in [4.69, 9.17) is 14.4 Å². The van der Waals surface area contributed by atoms with Crippen molar-refractivity contribution in [2.75, 3.05) is 19.7 Å². The lowest BCUT2D eigenvalue weighted by Crippen LogP contribution is -2.47. The van der Waals surface area contributed by atoms with Gasteiger partial charge in [-0.15, -0.1) is 0 Å². The van der Waals surface area contributed by atoms with E-state index in [0.29, 0.717) is 24.8 Å². The molecule has 2 heterocycles. The number of aliphatic hydroxyl groups is 1. The van der Waals surface area contributed by atoms with Crippen LogP contribution in [0.2, 0.25) is 0 Å². The number of aliphatic hydroxyl groups excluding tert-OH is 1. The van der Waals surface area contributed by atoms with Gasteiger partial charge < -0.3 is 14.4 Å². The van der Waals surface area contributed by atoms with E-state index in [1.807, 2.05) is 6.92 Å². The highest BCUT2D eigenvalue weighted by molar-refractivity contribution is 4.85. The normalized spacial score (nSPS) is 27.2. The molecule has 2 rings (SSSR count). The molecular formula is C10H17N3O3. The van der Waals surface area contributed by atoms with Crippen molar-refractivity contribution in [2.45, 2.75) is 32.6 Å². The summed E-state index contributed by atoms with van der Waals surface area (Å²) >= 11 is 0. The van der Waals surface area contributed by atoms with Gasteiger partial charge in [0.1, 0.15) is 0 Å². The van der Waals surface area contributed by atoms with E-state index >= 15 is 0 Å². The van der Waals surface area contributed by atoms with Crippen molar-refractivity contribution in [2.24, 2.45) is 0 Å². The van der Waals surface area contributed by atoms with Gasteiger partial charge in [0.15, 0.2) is 5.82 Å². The molecular weight excluding hydrogens is 210 g/mol. The van der Waals surface area contributed by atoms with Crippen molar-refractivity contribution in [1.82, 2.24) is 15.0 Å². The Morgan fingerprint density at radius 2 is 2.31 bits per heavy atom. The molecule has 0 aromatic carbocycles. The minimum atomic E-state index is -0.118. The van der Waals surface area contributed by atoms with Crippen molar-refractivity contribution in [3.05, 3.63) is 11.7 Å². The molecule has 0 bridgehead atoms. The van der Waals surface area contributed by atoms with Crippen LogP contribution >= 0.6 is 0 Å². The summed E-state index contributed by atoms with van der Waals surface area (Å²) in [4.78, 5) is 6.31. The second kappa shape index (κ2) is 4.90. The molecule has 6 heteroatoms. The summed E-state index contributed by atoms with van der Waals surface area (Å²) in [7, 11) is 0. The first-order valence-corrected chi connectivity index (χ1v) is 5.45. The monoisotopic (exact) mass is 227 g/mol. The van der Waals surface area contributed by atoms with Gasteiger partial charge in [-0.05, 0) is 13.8 Å². The van der Waals surface area contributed by atoms with Gasteiger partial charge in [-0.25, -0.2) is 0 Å². The topological polar surface area (TPSA) is 71.6 Å². The average molecular weight is 227 g/mol. The minimum Gasteiger partial charge on any atom is -0.394 e. The van der Waals surface area contributed by atoms with Crippen LogP contribution in [0.1, 0.15) is 18.6 Å². The van der Waals surface area contributed by atoms with Gasteiger partial charge in [-0.2, -0.15) is 4.98 Å². The van der Waals surface area contributed by atoms with Gasteiger partial charge in [-0.3, -0.25) is 4.90 Å². The quantitative estimate of drug-likeness (QED) is 0.781. The predicted molar refractivity (Wildman–Crippen MR) is 55.7 cm³/mol. The second-order valence-corrected chi connectivity index (χ2v) is 4.18. The summed E-state index contributed by atoms with van der Waals surface area (Å²) in [6.45, 7) is 5.97. The molecule has 1 saturated heterocycles. The molecule has 2 unspecified atom stereocenters. The summed E-state index contributed by atoms with van der Waals surface area (Å²) in [6, 6.07) is 0. The molecule has 1 aromatic rings. The number of nitrogens with zero attached hydrogens (tertiary/aromatic N) is 3. The van der Waals surface area contributed by atoms with Gasteiger partial charge in [0.2, 0.25) is 5.89 Å². The van der Waals surface area contributed by atoms with Crippen LogP contribution in [0.15, 0.2) is 4.52 Å². The maximum absolute atomic E-state index is 9.09. The van der Waals surface area contributed by atoms with E-state index in [1.165, 1.54) is 0 Å². The number of hydrogen-bond acceptors (Lipinski definition) is 6. The molecule has 90 valence electrons. The Bertz CT molecular complexity index is 342. The Kier molecular flexibility index (Phi) is 3.52. The van der Waals surface area contributed by atoms with Gasteiger partial charge >= 0.3 is 0 Å². The molecule has 1 fully saturated rings. The van der Waals surface area contributed by atoms with Crippen molar-refractivity contribution >= 4 is 0 Å². The largest absolute Gasteiger partial charge is 0.394 e. The first-order chi connectivity index (χ1) is 7.67. The zero-order valence-corrected chi connectivity index (χ0v) is 9.59. The Morgan fingerprint density at radius 1 is 1.50 bits per heavy atom. The van der Waals surface area contributed by atoms with Crippen LogP contribution in [0, 0.1) is 6.92 Å². The van der Waals surface area contributed by atoms with Gasteiger partial charge in [0.25, 0.3) is 0 Å². The van der Waals surface area contributed by atoms with E-state index in [0.717, 1.165) is 6.54 Å². The molecule has 0 saturated carbocycles. The van der Waals surface area contributed by atoms with Crippen molar-refractivity contribution < 1.29 is 14.4 Å². The molecule has 0 amide bonds. The highest BCUT2D eigenvalue weighted by atomic mass is 16.5. The summed E-state index contributed by atoms with van der Waals surface area (Å²) in [6.07, 6.45) is 0.00249. The fourth-order valence-electron chi connectivity index (χ4n) is 1.97. The second-order valence-electron chi connectivity index (χ2n) is 4.18. The molecule has 6 nitrogen and oxygen atoms in total. The van der Waals surface area contributed by atoms with E-state index in [-0.39, 0.29) is 18.8 Å². The van der Waals surface area contributed by atoms with Gasteiger partial charge in [0.05, 0.1) is 25.4 Å². The molecule has 16 heavy (non-hydrogen) atoms. The maximum Gasteiger partial charge on any atom is 0.240 e. The molecule has 1 aliphatic rings. The summed E-state index contributed by atoms with van der Waals surface area (Å²) in [5.41, 5.74) is 0. The standard InChI is InChI=1S/C10H17N3O3/c1-7-3-13(4-9(6-14)15-7)5-10-11-8(2)12-16-10/h7,9,14H,3-6H2,1-2H3. The molecule has 1 N–H and O–H groups in total. The average Bonchev–Trinajstić information content (AvgIpc) is 2.63. The predicted octanol–water partition coefficient (Wildman–Crippen LogP) is -0.0404. The van der Waals surface area contributed by atoms with Crippen molar-refractivity contribution in [3.8, 4) is 0 Å². The highest BCUT2D eigenvalue weighted by Gasteiger charge is 2.25. The van der Waals surface area contributed by atoms with Crippen LogP contribution in [-0.2, 0) is 11.3 Å². The van der Waals surface area contributed by atoms with Crippen molar-refractivity contribution in [1.29, 1.82) is 0 Å². The number of ether oxygens (including phenoxy) is 1. The molecule has 2 atom stereocenters. The molecule has 1 aromatic heterocycles. The Hall–Kier alpha value is -0.980. The van der Waals surface area contributed by atoms with Crippen LogP contribution in [0.3, 0.4) is 0 Å². The van der Waals surface area contributed by atoms with Crippen LogP contribution < -0.4 is 0 Å². The third-order valence-corrected chi connectivity index (χ3v) is 2.53. The summed E-state index contributed by atoms with van der Waals surface area (Å²) in [5, 5.41) is 12.8. The highest BCUT2D eigenvalue weighted by Crippen LogP contribution is 2.13. The van der Waals surface area contributed by atoms with E-state index in [1.54, 1.807) is 6.92 Å². The van der Waals surface area contributed by atoms with Gasteiger partial charge in [-0.1, -0.05) is 5.16 Å². The number of aromatic nitrogens is 2. The van der Waals surface area contributed by atoms with Crippen LogP contribution in [0.25, 0.3) is 0 Å². The van der Waals surface area contributed by atoms with Crippen LogP contribution in [0.4, 0.5) is 0 Å². The Balaban J connectivity index is 1.93. The van der Waals surface area contributed by atoms with E-state index < -0.39 is 0 Å². The zero-order valence-electron chi connectivity index (χ0n) is 9.59. The van der Waals surface area contributed by atoms with E-state index in [2.05, 4.69) is 15.0 Å². The zero-order chi connectivity index (χ0) is 11.5. The van der Waals surface area contributed by atoms with Crippen LogP contribution in [-0.4, -0.2) is 52.1 Å². The first-order valence-electron chi connectivity index (χ1n) is 5.45. The fourth-order valence-corrected chi connectivity index (χ4v) is 1.97. The Labute approximate surface area is 94.2 Å². The lowest BCUT2D eigenvalue weighted by Gasteiger charge is -2.35. The van der Waals surface area contributed by atoms with Crippen molar-refractivity contribution in [3.63, 3.8) is 0 Å². The van der Waals surface area contributed by atoms with Gasteiger partial charge in [0, 0.05) is 13.1 Å². The summed E-state index contributed by atoms with van der Waals surface area (Å²) < 4.78 is 10.6. The molecule has 0 radical (unpaired) electrons. The number of aryl methyl sites for hydroxylation is 1. The first kappa shape index (κ1) is 11.5. The number of hydrogen-bond donors (Lipinski definition) is 1. The van der Waals surface area contributed by atoms with E-state index in [9.17, 15) is 0 Å². The lowest BCUT2D eigenvalue weighted by atomic mass is 10.2. The number of rotatable bonds is 3. The molecule has 1 aliphatic heterocycles. The Morgan fingerprint density at radius 3 is 2.94 bits per heavy atom. The minimum absolute atomic E-state index is 0.0453. The molecule has 0 aliphatic carbocycles.